The van der Waals surface area contributed by atoms with Crippen molar-refractivity contribution in [3.8, 4) is 0 Å². The van der Waals surface area contributed by atoms with Gasteiger partial charge in [0.25, 0.3) is 0 Å². The van der Waals surface area contributed by atoms with Crippen molar-refractivity contribution in [1.82, 2.24) is 0 Å². The number of hydrogen-bond donors (Lipinski definition) is 0. The summed E-state index contributed by atoms with van der Waals surface area (Å²) in [6.07, 6.45) is 2.28. The summed E-state index contributed by atoms with van der Waals surface area (Å²) in [6.45, 7) is 0. The highest BCUT2D eigenvalue weighted by Gasteiger charge is 2.08. The third-order valence-electron chi connectivity index (χ3n) is 0.753. The van der Waals surface area contributed by atoms with Gasteiger partial charge in [-0.2, -0.15) is 0 Å². The lowest BCUT2D eigenvalue weighted by atomic mass is 11.0. The molecule has 1 unspecified atom stereocenters. The Hall–Kier alpha value is 1.65. The van der Waals surface area contributed by atoms with E-state index in [4.69, 9.17) is 0 Å². The van der Waals surface area contributed by atoms with Gasteiger partial charge in [0.15, 0.2) is 0 Å². The fraction of sp³-hybridized carbons (Fsp3) is 0.750. The molecule has 0 aromatic carbocycles. The van der Waals surface area contributed by atoms with Crippen molar-refractivity contribution in [2.45, 2.75) is 0 Å². The average molecular weight is 278 g/mol. The lowest BCUT2D eigenvalue weighted by molar-refractivity contribution is 1.59. The molecule has 0 saturated carbocycles. The molecular weight excluding hydrogens is 271 g/mol. The van der Waals surface area contributed by atoms with Crippen molar-refractivity contribution in [1.29, 1.82) is 0 Å². The molecule has 1 aliphatic rings. The first-order valence-corrected chi connectivity index (χ1v) is 8.40. The third kappa shape index (κ3) is 2.11. The van der Waals surface area contributed by atoms with Crippen LogP contribution in [0.25, 0.3) is 0 Å². The van der Waals surface area contributed by atoms with Gasteiger partial charge in [0.05, 0.1) is 3.53 Å². The van der Waals surface area contributed by atoms with Crippen molar-refractivity contribution in [3.63, 3.8) is 0 Å². The minimum atomic E-state index is 0.522. The normalized spacial score (nSPS) is 24.0. The summed E-state index contributed by atoms with van der Waals surface area (Å²) >= 11 is 6.56. The van der Waals surface area contributed by atoms with Crippen molar-refractivity contribution in [3.05, 3.63) is 0 Å². The predicted molar refractivity (Wildman–Crippen MR) is 57.5 cm³/mol. The lowest BCUT2D eigenvalue weighted by Gasteiger charge is -1.93. The highest BCUT2D eigenvalue weighted by Crippen LogP contribution is 2.37. The van der Waals surface area contributed by atoms with Gasteiger partial charge in [-0.05, 0) is 27.5 Å². The highest BCUT2D eigenvalue weighted by molar-refractivity contribution is 14.2. The zero-order chi connectivity index (χ0) is 5.98. The second-order valence-corrected chi connectivity index (χ2v) is 9.61. The molecule has 0 bridgehead atoms. The fourth-order valence-corrected chi connectivity index (χ4v) is 6.37. The molecular formula is C4H7IS3. The molecule has 0 aromatic heterocycles. The molecule has 1 heterocycles. The summed E-state index contributed by atoms with van der Waals surface area (Å²) in [5.74, 6) is 2.67. The van der Waals surface area contributed by atoms with E-state index in [2.05, 4.69) is 27.5 Å². The molecule has 8 heavy (non-hydrogen) atoms. The average Bonchev–Trinajstić information content (AvgIpc) is 2.12. The topological polar surface area (TPSA) is 0 Å². The largest absolute Gasteiger partial charge is 0.112 e. The van der Waals surface area contributed by atoms with Crippen LogP contribution < -0.4 is 0 Å². The maximum absolute atomic E-state index is 2.49. The monoisotopic (exact) mass is 278 g/mol. The van der Waals surface area contributed by atoms with Crippen LogP contribution in [0.3, 0.4) is 0 Å². The van der Waals surface area contributed by atoms with Crippen molar-refractivity contribution >= 4 is 55.9 Å². The van der Waals surface area contributed by atoms with Crippen molar-refractivity contribution < 1.29 is 0 Å². The Balaban J connectivity index is 2.58. The zero-order valence-corrected chi connectivity index (χ0v) is 9.12. The molecule has 4 heteroatoms. The lowest BCUT2D eigenvalue weighted by Crippen LogP contribution is -1.70. The highest BCUT2D eigenvalue weighted by atomic mass is 127. The second kappa shape index (κ2) is 3.73. The molecule has 0 amide bonds. The van der Waals surface area contributed by atoms with Gasteiger partial charge in [-0.3, -0.25) is 0 Å². The molecule has 1 fully saturated rings. The first-order chi connectivity index (χ1) is 3.80. The summed E-state index contributed by atoms with van der Waals surface area (Å²) in [6, 6.07) is 0. The van der Waals surface area contributed by atoms with Gasteiger partial charge in [0, 0.05) is 11.5 Å². The summed E-state index contributed by atoms with van der Waals surface area (Å²) < 4.78 is 1.64. The van der Waals surface area contributed by atoms with Crippen LogP contribution in [0.2, 0.25) is 0 Å². The maximum atomic E-state index is 2.49. The van der Waals surface area contributed by atoms with Gasteiger partial charge in [0.1, 0.15) is 0 Å². The van der Waals surface area contributed by atoms with Gasteiger partial charge in [-0.1, -0.05) is 0 Å². The van der Waals surface area contributed by atoms with Gasteiger partial charge >= 0.3 is 0 Å². The van der Waals surface area contributed by atoms with Crippen molar-refractivity contribution in [2.24, 2.45) is 0 Å². The van der Waals surface area contributed by atoms with E-state index in [1.165, 1.54) is 11.5 Å². The van der Waals surface area contributed by atoms with Crippen LogP contribution in [0, 0.1) is 0 Å². The molecule has 48 valence electrons. The molecule has 0 N–H and O–H groups in total. The van der Waals surface area contributed by atoms with Gasteiger partial charge in [0.2, 0.25) is 0 Å². The molecule has 0 aliphatic carbocycles. The predicted octanol–water partition coefficient (Wildman–Crippen LogP) is 2.80. The summed E-state index contributed by atoms with van der Waals surface area (Å²) in [7, 11) is 0.522. The third-order valence-corrected chi connectivity index (χ3v) is 8.79. The van der Waals surface area contributed by atoms with E-state index >= 15 is 0 Å². The molecule has 1 aliphatic heterocycles. The minimum absolute atomic E-state index is 0.522. The Morgan fingerprint density at radius 3 is 2.25 bits per heavy atom. The van der Waals surface area contributed by atoms with Crippen LogP contribution in [0.1, 0.15) is 0 Å². The minimum Gasteiger partial charge on any atom is -0.112 e. The van der Waals surface area contributed by atoms with E-state index < -0.39 is 0 Å². The summed E-state index contributed by atoms with van der Waals surface area (Å²) in [5, 5.41) is 0. The number of thioether (sulfide) groups is 2. The van der Waals surface area contributed by atoms with Crippen LogP contribution in [-0.4, -0.2) is 21.3 Å². The SMILES string of the molecule is CS(I)=C1SCCS1. The van der Waals surface area contributed by atoms with Gasteiger partial charge < -0.3 is 0 Å². The first-order valence-electron chi connectivity index (χ1n) is 2.25. The zero-order valence-electron chi connectivity index (χ0n) is 4.52. The van der Waals surface area contributed by atoms with E-state index in [0.717, 1.165) is 0 Å². The molecule has 1 atom stereocenters. The number of rotatable bonds is 0. The van der Waals surface area contributed by atoms with Crippen LogP contribution in [0.15, 0.2) is 0 Å². The summed E-state index contributed by atoms with van der Waals surface area (Å²) in [4.78, 5) is 0. The number of hydrogen-bond acceptors (Lipinski definition) is 2. The molecule has 1 rings (SSSR count). The Labute approximate surface area is 73.1 Å². The standard InChI is InChI=1S/C4H7IS3/c1-8(5)4-6-2-3-7-4/h2-3H2,1H3. The Bertz CT molecular complexity index is 108. The van der Waals surface area contributed by atoms with E-state index in [-0.39, 0.29) is 0 Å². The number of halogens is 1. The summed E-state index contributed by atoms with van der Waals surface area (Å²) in [5.41, 5.74) is 0. The van der Waals surface area contributed by atoms with Gasteiger partial charge in [-0.15, -0.1) is 31.2 Å². The Morgan fingerprint density at radius 1 is 1.50 bits per heavy atom. The first kappa shape index (κ1) is 7.75. The van der Waals surface area contributed by atoms with E-state index in [9.17, 15) is 0 Å². The Kier molecular flexibility index (Phi) is 3.61. The van der Waals surface area contributed by atoms with Gasteiger partial charge in [-0.25, -0.2) is 0 Å². The smallest absolute Gasteiger partial charge is 0.0733 e. The second-order valence-electron chi connectivity index (χ2n) is 1.38. The van der Waals surface area contributed by atoms with Crippen LogP contribution >= 0.6 is 52.4 Å². The maximum Gasteiger partial charge on any atom is 0.0733 e. The Morgan fingerprint density at radius 2 is 2.00 bits per heavy atom. The molecule has 0 spiro atoms. The van der Waals surface area contributed by atoms with E-state index in [0.29, 0.717) is 7.66 Å². The molecule has 0 nitrogen and oxygen atoms in total. The molecule has 1 saturated heterocycles. The van der Waals surface area contributed by atoms with Crippen LogP contribution in [-0.2, 0) is 0 Å². The van der Waals surface area contributed by atoms with E-state index in [1.807, 2.05) is 23.5 Å². The molecule has 0 radical (unpaired) electrons. The fourth-order valence-electron chi connectivity index (χ4n) is 0.454. The van der Waals surface area contributed by atoms with Crippen LogP contribution in [0.4, 0.5) is 0 Å². The quantitative estimate of drug-likeness (QED) is 0.493. The molecule has 0 aromatic rings. The van der Waals surface area contributed by atoms with Crippen LogP contribution in [0.5, 0.6) is 0 Å². The van der Waals surface area contributed by atoms with E-state index in [1.54, 1.807) is 3.53 Å². The van der Waals surface area contributed by atoms with Crippen molar-refractivity contribution in [2.75, 3.05) is 17.8 Å².